The van der Waals surface area contributed by atoms with Gasteiger partial charge in [-0.25, -0.2) is 22.8 Å². The summed E-state index contributed by atoms with van der Waals surface area (Å²) in [6.45, 7) is 14.9. The van der Waals surface area contributed by atoms with Crippen molar-refractivity contribution in [3.63, 3.8) is 0 Å². The van der Waals surface area contributed by atoms with Crippen LogP contribution in [0.4, 0.5) is 20.1 Å². The number of benzene rings is 2. The largest absolute Gasteiger partial charge is 0.457 e. The Kier molecular flexibility index (Phi) is 23.5. The number of ether oxygens (including phenoxy) is 5. The number of hydrogen-bond acceptors (Lipinski definition) is 13. The molecule has 4 unspecified atom stereocenters. The van der Waals surface area contributed by atoms with Gasteiger partial charge in [-0.2, -0.15) is 4.31 Å². The minimum atomic E-state index is -4.02. The molecule has 2 aliphatic heterocycles. The quantitative estimate of drug-likeness (QED) is 0.0529. The zero-order valence-corrected chi connectivity index (χ0v) is 39.6. The van der Waals surface area contributed by atoms with Crippen molar-refractivity contribution < 1.29 is 51.6 Å². The van der Waals surface area contributed by atoms with Gasteiger partial charge in [0.15, 0.2) is 6.29 Å². The van der Waals surface area contributed by atoms with Crippen LogP contribution in [0.25, 0.3) is 0 Å². The molecule has 2 amide bonds. The predicted molar refractivity (Wildman–Crippen MR) is 240 cm³/mol. The molecular formula is C44H72ClN5O11S. The van der Waals surface area contributed by atoms with Crippen LogP contribution in [0, 0.1) is 22.7 Å². The van der Waals surface area contributed by atoms with E-state index in [1.807, 2.05) is 44.2 Å². The van der Waals surface area contributed by atoms with Crippen LogP contribution in [0.15, 0.2) is 59.5 Å². The van der Waals surface area contributed by atoms with E-state index in [2.05, 4.69) is 64.7 Å². The van der Waals surface area contributed by atoms with Gasteiger partial charge >= 0.3 is 17.6 Å². The molecular weight excluding hydrogens is 842 g/mol. The van der Waals surface area contributed by atoms with Gasteiger partial charge in [0.1, 0.15) is 6.10 Å². The highest BCUT2D eigenvalue weighted by Crippen LogP contribution is 2.34. The van der Waals surface area contributed by atoms with Crippen LogP contribution in [-0.4, -0.2) is 121 Å². The second-order valence-corrected chi connectivity index (χ2v) is 19.5. The lowest BCUT2D eigenvalue weighted by atomic mass is 9.77. The molecule has 2 aromatic rings. The molecule has 2 heterocycles. The fraction of sp³-hybridized carbons (Fsp3) is 0.659. The third-order valence-electron chi connectivity index (χ3n) is 11.3. The smallest absolute Gasteiger partial charge is 0.407 e. The van der Waals surface area contributed by atoms with Gasteiger partial charge in [-0.1, -0.05) is 77.9 Å². The molecule has 352 valence electrons. The molecule has 0 spiro atoms. The number of methoxy groups -OCH3 is 2. The fourth-order valence-electron chi connectivity index (χ4n) is 6.80. The number of aliphatic hydroxyl groups is 1. The van der Waals surface area contributed by atoms with E-state index in [0.717, 1.165) is 31.2 Å². The number of sulfonamides is 1. The Bertz CT molecular complexity index is 1750. The summed E-state index contributed by atoms with van der Waals surface area (Å²) in [4.78, 5) is 33.3. The van der Waals surface area contributed by atoms with Gasteiger partial charge in [0.05, 0.1) is 50.4 Å². The normalized spacial score (nSPS) is 18.3. The molecule has 2 aliphatic rings. The summed E-state index contributed by atoms with van der Waals surface area (Å²) in [5.41, 5.74) is 6.44. The van der Waals surface area contributed by atoms with Gasteiger partial charge < -0.3 is 50.5 Å². The summed E-state index contributed by atoms with van der Waals surface area (Å²) in [7, 11) is 0.299. The van der Waals surface area contributed by atoms with Crippen molar-refractivity contribution >= 4 is 44.9 Å². The summed E-state index contributed by atoms with van der Waals surface area (Å²) in [6.07, 6.45) is 1.46. The molecule has 2 aromatic carbocycles. The summed E-state index contributed by atoms with van der Waals surface area (Å²) in [5, 5.41) is 20.1. The van der Waals surface area contributed by atoms with Gasteiger partial charge in [-0.15, -0.1) is 0 Å². The molecule has 2 fully saturated rings. The predicted octanol–water partition coefficient (Wildman–Crippen LogP) is 6.74. The summed E-state index contributed by atoms with van der Waals surface area (Å²) >= 11 is 4.60. The number of aliphatic hydroxyl groups excluding tert-OH is 1. The highest BCUT2D eigenvalue weighted by atomic mass is 35.5. The first-order valence-corrected chi connectivity index (χ1v) is 23.0. The average Bonchev–Trinajstić information content (AvgIpc) is 3.87. The van der Waals surface area contributed by atoms with Crippen molar-refractivity contribution in [2.45, 2.75) is 110 Å². The zero-order chi connectivity index (χ0) is 46.5. The van der Waals surface area contributed by atoms with E-state index in [1.165, 1.54) is 18.5 Å². The molecule has 2 saturated heterocycles. The van der Waals surface area contributed by atoms with Crippen LogP contribution < -0.4 is 21.7 Å². The van der Waals surface area contributed by atoms with Crippen molar-refractivity contribution in [1.29, 1.82) is 0 Å². The van der Waals surface area contributed by atoms with E-state index in [4.69, 9.17) is 19.9 Å². The number of nitrogens with one attached hydrogen (secondary N) is 3. The Hall–Kier alpha value is -3.71. The first-order valence-electron chi connectivity index (χ1n) is 21.1. The highest BCUT2D eigenvalue weighted by Gasteiger charge is 2.44. The number of nitrogens with two attached hydrogens (primary N) is 1. The minimum Gasteiger partial charge on any atom is -0.457 e. The molecule has 18 heteroatoms. The van der Waals surface area contributed by atoms with Crippen LogP contribution >= 0.6 is 11.6 Å². The molecule has 4 rings (SSSR count). The number of alkyl carbamates (subject to hydrolysis) is 2. The average molecular weight is 915 g/mol. The number of carbonyl (C=O) groups excluding carboxylic acids is 3. The van der Waals surface area contributed by atoms with Crippen LogP contribution in [0.2, 0.25) is 0 Å². The Morgan fingerprint density at radius 1 is 0.984 bits per heavy atom. The van der Waals surface area contributed by atoms with Gasteiger partial charge in [0, 0.05) is 44.0 Å². The number of halogens is 1. The Morgan fingerprint density at radius 3 is 2.26 bits per heavy atom. The van der Waals surface area contributed by atoms with E-state index < -0.39 is 45.2 Å². The lowest BCUT2D eigenvalue weighted by molar-refractivity contribution is -0.0907. The molecule has 0 saturated carbocycles. The van der Waals surface area contributed by atoms with Crippen molar-refractivity contribution in [2.24, 2.45) is 28.4 Å². The standard InChI is InChI=1S/C31H46N4O7S.C11H23NO2.C2H3ClO2/c1-31(2,14-8-15-32)21-35(43(38,39)24-12-7-11-23(18-24)33-3)19-27(36)26(17-22-9-5-4-6-10-22)34-30(37)42-28-20-41-29-25(28)13-16-40-29;1-9(2)11(3,4)7-6-8-12-10(13)14-5;1-5-2(3)4/h4-7,9-12,18,25-29,33,36H,8,13-17,19-21,32H2,1-3H3,(H,34,37);9H,6-8H2,1-5H3,(H,12,13);1H3/t25?,26-,27?,28?,29?;;/m0../s1. The number of rotatable bonds is 20. The number of fused-ring (bicyclic) bond motifs is 1. The van der Waals surface area contributed by atoms with E-state index in [0.29, 0.717) is 43.1 Å². The Balaban J connectivity index is 0.000000580. The van der Waals surface area contributed by atoms with E-state index in [1.54, 1.807) is 31.3 Å². The maximum Gasteiger partial charge on any atom is 0.407 e. The van der Waals surface area contributed by atoms with Crippen molar-refractivity contribution in [1.82, 2.24) is 14.9 Å². The number of nitrogens with zero attached hydrogens (tertiary/aromatic N) is 1. The maximum absolute atomic E-state index is 14.1. The summed E-state index contributed by atoms with van der Waals surface area (Å²) in [6, 6.07) is 15.2. The molecule has 6 N–H and O–H groups in total. The SMILES string of the molecule is CNc1cccc(S(=O)(=O)N(CC(O)[C@H](Cc2ccccc2)NC(=O)OC2COC3OCCC23)CC(C)(C)CCCN)c1.COC(=O)Cl.COC(=O)NCCCC(C)(C)C(C)C. The monoisotopic (exact) mass is 913 g/mol. The second-order valence-electron chi connectivity index (χ2n) is 17.2. The van der Waals surface area contributed by atoms with Crippen LogP contribution in [-0.2, 0) is 40.1 Å². The van der Waals surface area contributed by atoms with Gasteiger partial charge in [-0.3, -0.25) is 0 Å². The minimum absolute atomic E-state index is 0.0343. The zero-order valence-electron chi connectivity index (χ0n) is 38.0. The maximum atomic E-state index is 14.1. The molecule has 5 atom stereocenters. The number of hydrogen-bond donors (Lipinski definition) is 5. The Labute approximate surface area is 374 Å². The third-order valence-corrected chi connectivity index (χ3v) is 13.3. The molecule has 0 aliphatic carbocycles. The lowest BCUT2D eigenvalue weighted by Gasteiger charge is -2.35. The molecule has 0 bridgehead atoms. The van der Waals surface area contributed by atoms with Gasteiger partial charge in [0.25, 0.3) is 0 Å². The van der Waals surface area contributed by atoms with E-state index in [9.17, 15) is 27.9 Å². The molecule has 16 nitrogen and oxygen atoms in total. The fourth-order valence-corrected chi connectivity index (χ4v) is 8.49. The molecule has 62 heavy (non-hydrogen) atoms. The summed E-state index contributed by atoms with van der Waals surface area (Å²) < 4.78 is 54.6. The topological polar surface area (TPSA) is 217 Å². The van der Waals surface area contributed by atoms with E-state index in [-0.39, 0.29) is 49.3 Å². The van der Waals surface area contributed by atoms with Crippen LogP contribution in [0.3, 0.4) is 0 Å². The Morgan fingerprint density at radius 2 is 1.66 bits per heavy atom. The summed E-state index contributed by atoms with van der Waals surface area (Å²) in [5.74, 6) is 0.633. The van der Waals surface area contributed by atoms with E-state index >= 15 is 0 Å². The lowest BCUT2D eigenvalue weighted by Crippen LogP contribution is -2.52. The number of carbonyl (C=O) groups is 3. The number of amides is 2. The van der Waals surface area contributed by atoms with Crippen molar-refractivity contribution in [3.8, 4) is 0 Å². The van der Waals surface area contributed by atoms with Crippen LogP contribution in [0.1, 0.15) is 79.2 Å². The highest BCUT2D eigenvalue weighted by molar-refractivity contribution is 7.89. The van der Waals surface area contributed by atoms with Crippen molar-refractivity contribution in [3.05, 3.63) is 60.2 Å². The molecule has 0 radical (unpaired) electrons. The van der Waals surface area contributed by atoms with Crippen molar-refractivity contribution in [2.75, 3.05) is 66.0 Å². The van der Waals surface area contributed by atoms with Gasteiger partial charge in [-0.05, 0) is 85.6 Å². The first kappa shape index (κ1) is 54.4. The third kappa shape index (κ3) is 19.0. The van der Waals surface area contributed by atoms with Crippen LogP contribution in [0.5, 0.6) is 0 Å². The number of anilines is 1. The first-order chi connectivity index (χ1) is 29.2. The molecule has 0 aromatic heterocycles. The van der Waals surface area contributed by atoms with Gasteiger partial charge in [0.2, 0.25) is 10.0 Å². The second kappa shape index (κ2) is 26.8.